The zero-order valence-electron chi connectivity index (χ0n) is 22.7. The number of piperazine rings is 1. The molecule has 2 aliphatic heterocycles. The summed E-state index contributed by atoms with van der Waals surface area (Å²) in [5.41, 5.74) is 0.632. The number of amides is 1. The molecule has 1 aromatic carbocycles. The maximum Gasteiger partial charge on any atom is 0.277 e. The molecule has 2 saturated heterocycles. The van der Waals surface area contributed by atoms with Gasteiger partial charge in [0.05, 0.1) is 31.2 Å². The average Bonchev–Trinajstić information content (AvgIpc) is 3.57. The molecule has 2 fully saturated rings. The van der Waals surface area contributed by atoms with Crippen molar-refractivity contribution < 1.29 is 18.0 Å². The molecule has 0 aliphatic carbocycles. The van der Waals surface area contributed by atoms with Gasteiger partial charge in [-0.3, -0.25) is 9.69 Å². The quantitative estimate of drug-likeness (QED) is 0.377. The van der Waals surface area contributed by atoms with Gasteiger partial charge in [0, 0.05) is 44.2 Å². The fraction of sp³-hybridized carbons (Fsp3) is 0.393. The van der Waals surface area contributed by atoms with Crippen molar-refractivity contribution in [1.82, 2.24) is 29.5 Å². The molecule has 2 atom stereocenters. The topological polar surface area (TPSA) is 94.8 Å². The first kappa shape index (κ1) is 26.9. The third kappa shape index (κ3) is 5.41. The second kappa shape index (κ2) is 11.0. The smallest absolute Gasteiger partial charge is 0.277 e. The van der Waals surface area contributed by atoms with Crippen LogP contribution in [-0.2, 0) is 0 Å². The predicted molar refractivity (Wildman–Crippen MR) is 148 cm³/mol. The van der Waals surface area contributed by atoms with Crippen molar-refractivity contribution in [2.45, 2.75) is 38.5 Å². The zero-order chi connectivity index (χ0) is 28.7. The minimum Gasteiger partial charge on any atom is -0.353 e. The average molecular weight is 566 g/mol. The molecule has 0 bridgehead atoms. The van der Waals surface area contributed by atoms with Gasteiger partial charge in [-0.2, -0.15) is 4.52 Å². The van der Waals surface area contributed by atoms with Crippen molar-refractivity contribution >= 4 is 29.0 Å². The van der Waals surface area contributed by atoms with Crippen LogP contribution < -0.4 is 15.1 Å². The minimum absolute atomic E-state index is 0.00428. The predicted octanol–water partition coefficient (Wildman–Crippen LogP) is 3.87. The number of hydrogen-bond acceptors (Lipinski definition) is 8. The number of anilines is 3. The van der Waals surface area contributed by atoms with Crippen LogP contribution in [0.2, 0.25) is 0 Å². The molecule has 1 amide bonds. The second-order valence-corrected chi connectivity index (χ2v) is 10.6. The van der Waals surface area contributed by atoms with Crippen LogP contribution in [0.5, 0.6) is 0 Å². The molecule has 0 spiro atoms. The van der Waals surface area contributed by atoms with E-state index in [-0.39, 0.29) is 30.0 Å². The maximum absolute atomic E-state index is 14.6. The number of halogens is 3. The number of carbonyl (C=O) groups excluding carboxylic acids is 1. The first-order valence-electron chi connectivity index (χ1n) is 13.6. The molecule has 10 nitrogen and oxygen atoms in total. The first-order valence-corrected chi connectivity index (χ1v) is 13.6. The van der Waals surface area contributed by atoms with E-state index in [1.807, 2.05) is 0 Å². The zero-order valence-corrected chi connectivity index (χ0v) is 22.7. The molecular weight excluding hydrogens is 535 g/mol. The second-order valence-electron chi connectivity index (χ2n) is 10.6. The van der Waals surface area contributed by atoms with Crippen LogP contribution in [0.1, 0.15) is 42.4 Å². The van der Waals surface area contributed by atoms with E-state index in [0.717, 1.165) is 44.4 Å². The largest absolute Gasteiger partial charge is 0.353 e. The van der Waals surface area contributed by atoms with Crippen molar-refractivity contribution in [1.29, 1.82) is 0 Å². The molecular formula is C28H30F3N9O. The lowest BCUT2D eigenvalue weighted by Gasteiger charge is -2.37. The molecule has 4 aromatic rings. The van der Waals surface area contributed by atoms with Gasteiger partial charge < -0.3 is 15.1 Å². The van der Waals surface area contributed by atoms with Gasteiger partial charge in [0.25, 0.3) is 5.91 Å². The number of nitrogens with one attached hydrogen (secondary N) is 1. The summed E-state index contributed by atoms with van der Waals surface area (Å²) in [7, 11) is 0. The van der Waals surface area contributed by atoms with E-state index >= 15 is 0 Å². The van der Waals surface area contributed by atoms with Crippen LogP contribution in [0.15, 0.2) is 48.9 Å². The van der Waals surface area contributed by atoms with E-state index in [4.69, 9.17) is 0 Å². The van der Waals surface area contributed by atoms with Crippen LogP contribution >= 0.6 is 0 Å². The molecule has 0 radical (unpaired) electrons. The van der Waals surface area contributed by atoms with E-state index in [2.05, 4.69) is 49.0 Å². The minimum atomic E-state index is -1.25. The van der Waals surface area contributed by atoms with Gasteiger partial charge in [0.15, 0.2) is 11.5 Å². The van der Waals surface area contributed by atoms with Crippen LogP contribution in [0, 0.1) is 11.6 Å². The highest BCUT2D eigenvalue weighted by atomic mass is 19.1. The molecule has 5 heterocycles. The summed E-state index contributed by atoms with van der Waals surface area (Å²) < 4.78 is 44.4. The summed E-state index contributed by atoms with van der Waals surface area (Å²) in [6.07, 6.45) is 3.23. The number of hydrogen-bond donors (Lipinski definition) is 1. The summed E-state index contributed by atoms with van der Waals surface area (Å²) in [6, 6.07) is 6.21. The lowest BCUT2D eigenvalue weighted by Crippen LogP contribution is -2.49. The number of nitrogens with zero attached hydrogens (tertiary/aromatic N) is 8. The van der Waals surface area contributed by atoms with E-state index in [1.54, 1.807) is 23.2 Å². The highest BCUT2D eigenvalue weighted by Crippen LogP contribution is 2.38. The van der Waals surface area contributed by atoms with Crippen LogP contribution in [0.25, 0.3) is 5.65 Å². The van der Waals surface area contributed by atoms with Gasteiger partial charge in [-0.25, -0.2) is 28.1 Å². The van der Waals surface area contributed by atoms with Crippen LogP contribution in [0.4, 0.5) is 30.6 Å². The van der Waals surface area contributed by atoms with E-state index in [9.17, 15) is 18.0 Å². The summed E-state index contributed by atoms with van der Waals surface area (Å²) >= 11 is 0. The highest BCUT2D eigenvalue weighted by molar-refractivity contribution is 6.02. The number of benzene rings is 1. The van der Waals surface area contributed by atoms with Gasteiger partial charge in [0.1, 0.15) is 35.1 Å². The number of rotatable bonds is 6. The van der Waals surface area contributed by atoms with Crippen LogP contribution in [-0.4, -0.2) is 80.3 Å². The lowest BCUT2D eigenvalue weighted by atomic mass is 10.0. The van der Waals surface area contributed by atoms with Gasteiger partial charge >= 0.3 is 0 Å². The third-order valence-corrected chi connectivity index (χ3v) is 7.69. The Bertz CT molecular complexity index is 1550. The van der Waals surface area contributed by atoms with Crippen molar-refractivity contribution in [2.24, 2.45) is 0 Å². The molecule has 0 unspecified atom stereocenters. The Morgan fingerprint density at radius 1 is 0.976 bits per heavy atom. The van der Waals surface area contributed by atoms with Crippen molar-refractivity contribution in [3.63, 3.8) is 0 Å². The normalized spacial score (nSPS) is 19.9. The van der Waals surface area contributed by atoms with E-state index < -0.39 is 29.8 Å². The third-order valence-electron chi connectivity index (χ3n) is 7.69. The SMILES string of the molecule is CC(C)N1CCN(c2cnc(C(=O)Nc3cnc4ccc(N5C[C@@H](F)C[C@@H]5c5cc(F)ccc5F)nn34)cn2)CC1. The molecule has 6 rings (SSSR count). The monoisotopic (exact) mass is 565 g/mol. The van der Waals surface area contributed by atoms with E-state index in [1.165, 1.54) is 16.9 Å². The number of carbonyl (C=O) groups is 1. The van der Waals surface area contributed by atoms with Gasteiger partial charge in [-0.05, 0) is 44.2 Å². The summed E-state index contributed by atoms with van der Waals surface area (Å²) in [4.78, 5) is 32.2. The summed E-state index contributed by atoms with van der Waals surface area (Å²) in [5.74, 6) is -0.387. The molecule has 3 aromatic heterocycles. The molecule has 1 N–H and O–H groups in total. The number of imidazole rings is 1. The number of fused-ring (bicyclic) bond motifs is 1. The van der Waals surface area contributed by atoms with Crippen LogP contribution in [0.3, 0.4) is 0 Å². The highest BCUT2D eigenvalue weighted by Gasteiger charge is 2.36. The maximum atomic E-state index is 14.6. The Morgan fingerprint density at radius 3 is 2.51 bits per heavy atom. The molecule has 214 valence electrons. The molecule has 13 heteroatoms. The Hall–Kier alpha value is -4.26. The Balaban J connectivity index is 1.19. The fourth-order valence-corrected chi connectivity index (χ4v) is 5.45. The summed E-state index contributed by atoms with van der Waals surface area (Å²) in [6.45, 7) is 7.86. The Labute approximate surface area is 234 Å². The first-order chi connectivity index (χ1) is 19.8. The molecule has 0 saturated carbocycles. The molecule has 2 aliphatic rings. The van der Waals surface area contributed by atoms with E-state index in [0.29, 0.717) is 23.3 Å². The fourth-order valence-electron chi connectivity index (χ4n) is 5.45. The lowest BCUT2D eigenvalue weighted by molar-refractivity contribution is 0.102. The number of aromatic nitrogens is 5. The van der Waals surface area contributed by atoms with Crippen molar-refractivity contribution in [3.05, 3.63) is 71.8 Å². The Morgan fingerprint density at radius 2 is 1.78 bits per heavy atom. The van der Waals surface area contributed by atoms with Gasteiger partial charge in [0.2, 0.25) is 0 Å². The van der Waals surface area contributed by atoms with Crippen molar-refractivity contribution in [3.8, 4) is 0 Å². The standard InChI is InChI=1S/C28H30F3N9O/c1-17(2)37-7-9-38(10-8-37)26-14-32-22(13-33-26)28(41)35-27-15-34-24-5-6-25(36-40(24)27)39-16-19(30)12-23(39)20-11-18(29)3-4-21(20)31/h3-6,11,13-15,17,19,23H,7-10,12,16H2,1-2H3,(H,35,41)/t19-,23+/m0/s1. The summed E-state index contributed by atoms with van der Waals surface area (Å²) in [5, 5.41) is 7.31. The van der Waals surface area contributed by atoms with Gasteiger partial charge in [-0.15, -0.1) is 5.10 Å². The number of alkyl halides is 1. The molecule has 41 heavy (non-hydrogen) atoms. The van der Waals surface area contributed by atoms with Gasteiger partial charge in [-0.1, -0.05) is 0 Å². The Kier molecular flexibility index (Phi) is 7.20. The van der Waals surface area contributed by atoms with Crippen molar-refractivity contribution in [2.75, 3.05) is 47.8 Å².